The number of ketones is 1. The summed E-state index contributed by atoms with van der Waals surface area (Å²) in [5, 5.41) is 0. The van der Waals surface area contributed by atoms with E-state index in [0.29, 0.717) is 0 Å². The highest BCUT2D eigenvalue weighted by Gasteiger charge is 2.02. The number of rotatable bonds is 7. The van der Waals surface area contributed by atoms with Crippen LogP contribution in [0, 0.1) is 0 Å². The molecule has 128 valence electrons. The van der Waals surface area contributed by atoms with E-state index in [1.54, 1.807) is 31.4 Å². The molecule has 2 rings (SSSR count). The standard InChI is InChI=1S/C21H18Br2O2/c1-3-4-17-13-15(6-12-21(17)25-2)5-9-19(24)10-7-16-14-18(22)8-11-20(16)23/h3,5-14H,1,4H2,2H3/b9-5+,10-7+. The summed E-state index contributed by atoms with van der Waals surface area (Å²) in [6.45, 7) is 3.76. The highest BCUT2D eigenvalue weighted by atomic mass is 79.9. The number of ether oxygens (including phenoxy) is 1. The van der Waals surface area contributed by atoms with Crippen molar-refractivity contribution in [2.75, 3.05) is 7.11 Å². The number of carbonyl (C=O) groups excluding carboxylic acids is 1. The Kier molecular flexibility index (Phi) is 7.41. The van der Waals surface area contributed by atoms with Gasteiger partial charge < -0.3 is 4.74 Å². The molecular weight excluding hydrogens is 444 g/mol. The van der Waals surface area contributed by atoms with E-state index in [2.05, 4.69) is 38.4 Å². The summed E-state index contributed by atoms with van der Waals surface area (Å²) in [6.07, 6.45) is 9.25. The molecule has 25 heavy (non-hydrogen) atoms. The lowest BCUT2D eigenvalue weighted by atomic mass is 10.1. The number of benzene rings is 2. The molecule has 4 heteroatoms. The molecule has 2 nitrogen and oxygen atoms in total. The predicted molar refractivity (Wildman–Crippen MR) is 112 cm³/mol. The summed E-state index contributed by atoms with van der Waals surface area (Å²) < 4.78 is 7.23. The van der Waals surface area contributed by atoms with E-state index in [1.807, 2.05) is 42.5 Å². The second-order valence-corrected chi connectivity index (χ2v) is 7.07. The minimum Gasteiger partial charge on any atom is -0.496 e. The second kappa shape index (κ2) is 9.54. The molecule has 0 saturated heterocycles. The molecular formula is C21H18Br2O2. The van der Waals surface area contributed by atoms with Gasteiger partial charge in [0, 0.05) is 8.95 Å². The van der Waals surface area contributed by atoms with Crippen LogP contribution in [0.15, 0.2) is 70.2 Å². The van der Waals surface area contributed by atoms with E-state index in [-0.39, 0.29) is 5.78 Å². The molecule has 0 N–H and O–H groups in total. The topological polar surface area (TPSA) is 26.3 Å². The van der Waals surface area contributed by atoms with E-state index in [1.165, 1.54) is 0 Å². The fourth-order valence-electron chi connectivity index (χ4n) is 2.27. The summed E-state index contributed by atoms with van der Waals surface area (Å²) in [6, 6.07) is 11.6. The highest BCUT2D eigenvalue weighted by molar-refractivity contribution is 9.11. The van der Waals surface area contributed by atoms with E-state index in [0.717, 1.165) is 37.8 Å². The van der Waals surface area contributed by atoms with E-state index >= 15 is 0 Å². The summed E-state index contributed by atoms with van der Waals surface area (Å²) in [5.41, 5.74) is 2.93. The first kappa shape index (κ1) is 19.4. The molecule has 0 amide bonds. The van der Waals surface area contributed by atoms with Crippen LogP contribution in [-0.4, -0.2) is 12.9 Å². The van der Waals surface area contributed by atoms with Gasteiger partial charge in [0.2, 0.25) is 0 Å². The van der Waals surface area contributed by atoms with E-state index in [9.17, 15) is 4.79 Å². The first-order chi connectivity index (χ1) is 12.0. The lowest BCUT2D eigenvalue weighted by molar-refractivity contribution is -0.110. The van der Waals surface area contributed by atoms with Crippen molar-refractivity contribution >= 4 is 49.8 Å². The number of carbonyl (C=O) groups is 1. The molecule has 0 spiro atoms. The van der Waals surface area contributed by atoms with Crippen LogP contribution in [0.25, 0.3) is 12.2 Å². The Morgan fingerprint density at radius 3 is 2.60 bits per heavy atom. The van der Waals surface area contributed by atoms with E-state index in [4.69, 9.17) is 4.74 Å². The molecule has 0 aliphatic rings. The van der Waals surface area contributed by atoms with Crippen LogP contribution in [0.4, 0.5) is 0 Å². The maximum Gasteiger partial charge on any atom is 0.178 e. The zero-order valence-corrected chi connectivity index (χ0v) is 17.0. The van der Waals surface area contributed by atoms with Gasteiger partial charge in [-0.3, -0.25) is 4.79 Å². The third kappa shape index (κ3) is 5.83. The molecule has 2 aromatic rings. The van der Waals surface area contributed by atoms with Gasteiger partial charge in [-0.05, 0) is 71.7 Å². The lowest BCUT2D eigenvalue weighted by Crippen LogP contribution is -1.92. The van der Waals surface area contributed by atoms with Gasteiger partial charge in [-0.2, -0.15) is 0 Å². The minimum absolute atomic E-state index is 0.0760. The monoisotopic (exact) mass is 460 g/mol. The molecule has 0 unspecified atom stereocenters. The van der Waals surface area contributed by atoms with Crippen molar-refractivity contribution in [3.8, 4) is 5.75 Å². The van der Waals surface area contributed by atoms with Gasteiger partial charge >= 0.3 is 0 Å². The van der Waals surface area contributed by atoms with Crippen LogP contribution >= 0.6 is 31.9 Å². The molecule has 0 aliphatic heterocycles. The smallest absolute Gasteiger partial charge is 0.178 e. The molecule has 0 aromatic heterocycles. The summed E-state index contributed by atoms with van der Waals surface area (Å²) in [7, 11) is 1.64. The second-order valence-electron chi connectivity index (χ2n) is 5.30. The molecule has 0 bridgehead atoms. The maximum atomic E-state index is 12.1. The van der Waals surface area contributed by atoms with Crippen molar-refractivity contribution in [1.29, 1.82) is 0 Å². The molecule has 0 atom stereocenters. The highest BCUT2D eigenvalue weighted by Crippen LogP contribution is 2.23. The van der Waals surface area contributed by atoms with Crippen LogP contribution in [-0.2, 0) is 11.2 Å². The Morgan fingerprint density at radius 2 is 1.88 bits per heavy atom. The number of hydrogen-bond donors (Lipinski definition) is 0. The zero-order valence-electron chi connectivity index (χ0n) is 13.8. The fraction of sp³-hybridized carbons (Fsp3) is 0.0952. The van der Waals surface area contributed by atoms with Gasteiger partial charge in [0.05, 0.1) is 7.11 Å². The number of methoxy groups -OCH3 is 1. The largest absolute Gasteiger partial charge is 0.496 e. The average Bonchev–Trinajstić information content (AvgIpc) is 2.61. The number of allylic oxidation sites excluding steroid dienone is 3. The predicted octanol–water partition coefficient (Wildman–Crippen LogP) is 6.24. The van der Waals surface area contributed by atoms with Gasteiger partial charge in [-0.15, -0.1) is 6.58 Å². The summed E-state index contributed by atoms with van der Waals surface area (Å²) >= 11 is 6.90. The van der Waals surface area contributed by atoms with Crippen LogP contribution in [0.5, 0.6) is 5.75 Å². The average molecular weight is 462 g/mol. The summed E-state index contributed by atoms with van der Waals surface area (Å²) in [4.78, 5) is 12.1. The first-order valence-corrected chi connectivity index (χ1v) is 9.25. The van der Waals surface area contributed by atoms with E-state index < -0.39 is 0 Å². The molecule has 0 heterocycles. The van der Waals surface area contributed by atoms with Crippen molar-refractivity contribution in [2.45, 2.75) is 6.42 Å². The Balaban J connectivity index is 2.12. The van der Waals surface area contributed by atoms with Gasteiger partial charge in [-0.1, -0.05) is 50.1 Å². The van der Waals surface area contributed by atoms with Gasteiger partial charge in [0.15, 0.2) is 5.78 Å². The lowest BCUT2D eigenvalue weighted by Gasteiger charge is -2.07. The van der Waals surface area contributed by atoms with Crippen molar-refractivity contribution < 1.29 is 9.53 Å². The van der Waals surface area contributed by atoms with Crippen LogP contribution in [0.3, 0.4) is 0 Å². The fourth-order valence-corrected chi connectivity index (χ4v) is 3.02. The zero-order chi connectivity index (χ0) is 18.2. The molecule has 2 aromatic carbocycles. The Labute approximate surface area is 165 Å². The minimum atomic E-state index is -0.0760. The van der Waals surface area contributed by atoms with Crippen molar-refractivity contribution in [3.05, 3.63) is 86.8 Å². The van der Waals surface area contributed by atoms with Crippen LogP contribution < -0.4 is 4.74 Å². The van der Waals surface area contributed by atoms with Gasteiger partial charge in [-0.25, -0.2) is 0 Å². The maximum absolute atomic E-state index is 12.1. The Morgan fingerprint density at radius 1 is 1.12 bits per heavy atom. The van der Waals surface area contributed by atoms with Gasteiger partial charge in [0.25, 0.3) is 0 Å². The normalized spacial score (nSPS) is 11.2. The molecule has 0 radical (unpaired) electrons. The quantitative estimate of drug-likeness (QED) is 0.360. The Hall–Kier alpha value is -1.91. The number of hydrogen-bond acceptors (Lipinski definition) is 2. The van der Waals surface area contributed by atoms with Crippen LogP contribution in [0.1, 0.15) is 16.7 Å². The molecule has 0 aliphatic carbocycles. The third-order valence-corrected chi connectivity index (χ3v) is 4.71. The van der Waals surface area contributed by atoms with Crippen molar-refractivity contribution in [3.63, 3.8) is 0 Å². The number of halogens is 2. The van der Waals surface area contributed by atoms with Crippen molar-refractivity contribution in [1.82, 2.24) is 0 Å². The SMILES string of the molecule is C=CCc1cc(/C=C/C(=O)/C=C/c2cc(Br)ccc2Br)ccc1OC. The van der Waals surface area contributed by atoms with Crippen LogP contribution in [0.2, 0.25) is 0 Å². The van der Waals surface area contributed by atoms with Gasteiger partial charge in [0.1, 0.15) is 5.75 Å². The summed E-state index contributed by atoms with van der Waals surface area (Å²) in [5.74, 6) is 0.746. The molecule has 0 saturated carbocycles. The Bertz CT molecular complexity index is 836. The first-order valence-electron chi connectivity index (χ1n) is 7.66. The third-order valence-electron chi connectivity index (χ3n) is 3.49. The molecule has 0 fully saturated rings. The van der Waals surface area contributed by atoms with Crippen molar-refractivity contribution in [2.24, 2.45) is 0 Å².